The van der Waals surface area contributed by atoms with E-state index in [4.69, 9.17) is 14.2 Å². The molecule has 0 aromatic heterocycles. The van der Waals surface area contributed by atoms with Crippen LogP contribution in [-0.4, -0.2) is 41.6 Å². The quantitative estimate of drug-likeness (QED) is 0.688. The molecule has 1 rings (SSSR count). The van der Waals surface area contributed by atoms with Crippen LogP contribution < -0.4 is 0 Å². The van der Waals surface area contributed by atoms with Crippen LogP contribution in [-0.2, 0) is 23.8 Å². The lowest BCUT2D eigenvalue weighted by molar-refractivity contribution is -0.176. The second-order valence-electron chi connectivity index (χ2n) is 3.76. The molecule has 0 amide bonds. The molecule has 6 heteroatoms. The molecular formula is C10H16O6. The van der Waals surface area contributed by atoms with Crippen molar-refractivity contribution in [3.63, 3.8) is 0 Å². The second-order valence-corrected chi connectivity index (χ2v) is 3.76. The molecule has 1 aliphatic heterocycles. The molecule has 1 N–H and O–H groups in total. The summed E-state index contributed by atoms with van der Waals surface area (Å²) >= 11 is 0. The lowest BCUT2D eigenvalue weighted by atomic mass is 10.1. The lowest BCUT2D eigenvalue weighted by Crippen LogP contribution is -2.28. The van der Waals surface area contributed by atoms with Crippen molar-refractivity contribution in [3.05, 3.63) is 0 Å². The van der Waals surface area contributed by atoms with Gasteiger partial charge in [0.05, 0.1) is 0 Å². The molecular weight excluding hydrogens is 216 g/mol. The number of aliphatic hydroxyl groups excluding tert-OH is 1. The first-order valence-corrected chi connectivity index (χ1v) is 5.08. The molecule has 0 aromatic carbocycles. The molecule has 1 heterocycles. The first-order valence-electron chi connectivity index (χ1n) is 5.08. The van der Waals surface area contributed by atoms with E-state index in [1.165, 1.54) is 13.8 Å². The molecule has 92 valence electrons. The number of ether oxygens (including phenoxy) is 3. The summed E-state index contributed by atoms with van der Waals surface area (Å²) in [5.41, 5.74) is 0. The van der Waals surface area contributed by atoms with Crippen LogP contribution in [0.3, 0.4) is 0 Å². The van der Waals surface area contributed by atoms with E-state index < -0.39 is 36.5 Å². The van der Waals surface area contributed by atoms with E-state index in [2.05, 4.69) is 0 Å². The second kappa shape index (κ2) is 5.27. The summed E-state index contributed by atoms with van der Waals surface area (Å²) in [7, 11) is 0. The summed E-state index contributed by atoms with van der Waals surface area (Å²) in [4.78, 5) is 21.5. The molecule has 0 spiro atoms. The molecule has 0 aromatic rings. The van der Waals surface area contributed by atoms with Crippen molar-refractivity contribution in [2.24, 2.45) is 0 Å². The minimum atomic E-state index is -1.16. The van der Waals surface area contributed by atoms with Crippen molar-refractivity contribution < 1.29 is 28.9 Å². The average molecular weight is 232 g/mol. The van der Waals surface area contributed by atoms with Gasteiger partial charge in [-0.25, -0.2) is 0 Å². The van der Waals surface area contributed by atoms with E-state index >= 15 is 0 Å². The Morgan fingerprint density at radius 3 is 2.50 bits per heavy atom. The molecule has 0 saturated carbocycles. The highest BCUT2D eigenvalue weighted by Crippen LogP contribution is 2.25. The van der Waals surface area contributed by atoms with Crippen LogP contribution in [0, 0.1) is 0 Å². The van der Waals surface area contributed by atoms with E-state index in [0.717, 1.165) is 0 Å². The van der Waals surface area contributed by atoms with Crippen molar-refractivity contribution in [2.75, 3.05) is 0 Å². The van der Waals surface area contributed by atoms with E-state index in [1.54, 1.807) is 6.92 Å². The maximum absolute atomic E-state index is 10.7. The Labute approximate surface area is 93.5 Å². The van der Waals surface area contributed by atoms with Gasteiger partial charge in [-0.1, -0.05) is 0 Å². The first-order chi connectivity index (χ1) is 7.40. The Bertz CT molecular complexity index is 276. The fourth-order valence-electron chi connectivity index (χ4n) is 1.63. The molecule has 0 radical (unpaired) electrons. The molecule has 0 unspecified atom stereocenters. The van der Waals surface area contributed by atoms with Crippen LogP contribution in [0.2, 0.25) is 0 Å². The number of aliphatic hydroxyl groups is 1. The zero-order valence-electron chi connectivity index (χ0n) is 9.50. The minimum Gasteiger partial charge on any atom is -0.460 e. The van der Waals surface area contributed by atoms with E-state index in [0.29, 0.717) is 6.42 Å². The largest absolute Gasteiger partial charge is 0.460 e. The monoisotopic (exact) mass is 232 g/mol. The molecule has 16 heavy (non-hydrogen) atoms. The van der Waals surface area contributed by atoms with Gasteiger partial charge in [0.2, 0.25) is 0 Å². The average Bonchev–Trinajstić information content (AvgIpc) is 2.45. The standard InChI is InChI=1S/C10H16O6/c1-5(14-6(2)11)8-4-9(10(13)16-8)15-7(3)12/h5,8-10,13H,4H2,1-3H3/t5-,8-,9-,10-/m0/s1. The van der Waals surface area contributed by atoms with Crippen molar-refractivity contribution >= 4 is 11.9 Å². The Balaban J connectivity index is 2.48. The Morgan fingerprint density at radius 1 is 1.38 bits per heavy atom. The van der Waals surface area contributed by atoms with Crippen LogP contribution in [0.5, 0.6) is 0 Å². The number of esters is 2. The summed E-state index contributed by atoms with van der Waals surface area (Å²) in [6.45, 7) is 4.22. The molecule has 0 bridgehead atoms. The van der Waals surface area contributed by atoms with Crippen molar-refractivity contribution in [2.45, 2.75) is 51.8 Å². The Kier molecular flexibility index (Phi) is 4.26. The third-order valence-corrected chi connectivity index (χ3v) is 2.29. The van der Waals surface area contributed by atoms with Crippen molar-refractivity contribution in [1.82, 2.24) is 0 Å². The topological polar surface area (TPSA) is 82.1 Å². The van der Waals surface area contributed by atoms with E-state index in [-0.39, 0.29) is 0 Å². The summed E-state index contributed by atoms with van der Waals surface area (Å²) in [6, 6.07) is 0. The van der Waals surface area contributed by atoms with Gasteiger partial charge in [0.1, 0.15) is 12.2 Å². The summed E-state index contributed by atoms with van der Waals surface area (Å²) < 4.78 is 14.9. The van der Waals surface area contributed by atoms with Crippen LogP contribution in [0.15, 0.2) is 0 Å². The minimum absolute atomic E-state index is 0.315. The third-order valence-electron chi connectivity index (χ3n) is 2.29. The van der Waals surface area contributed by atoms with Gasteiger partial charge >= 0.3 is 11.9 Å². The normalized spacial score (nSPS) is 30.9. The summed E-state index contributed by atoms with van der Waals surface area (Å²) in [6.07, 6.45) is -2.47. The zero-order chi connectivity index (χ0) is 12.3. The fourth-order valence-corrected chi connectivity index (χ4v) is 1.63. The Hall–Kier alpha value is -1.14. The van der Waals surface area contributed by atoms with Gasteiger partial charge < -0.3 is 19.3 Å². The van der Waals surface area contributed by atoms with Gasteiger partial charge in [-0.15, -0.1) is 0 Å². The third kappa shape index (κ3) is 3.46. The fraction of sp³-hybridized carbons (Fsp3) is 0.800. The highest BCUT2D eigenvalue weighted by Gasteiger charge is 2.39. The molecule has 1 aliphatic rings. The van der Waals surface area contributed by atoms with Gasteiger partial charge in [-0.2, -0.15) is 0 Å². The molecule has 1 saturated heterocycles. The first kappa shape index (κ1) is 12.9. The van der Waals surface area contributed by atoms with Gasteiger partial charge in [0, 0.05) is 20.3 Å². The van der Waals surface area contributed by atoms with Crippen molar-refractivity contribution in [1.29, 1.82) is 0 Å². The number of carbonyl (C=O) groups excluding carboxylic acids is 2. The molecule has 4 atom stereocenters. The van der Waals surface area contributed by atoms with E-state index in [9.17, 15) is 14.7 Å². The predicted octanol–water partition coefficient (Wildman–Crippen LogP) is -0.0230. The molecule has 1 fully saturated rings. The predicted molar refractivity (Wildman–Crippen MR) is 52.3 cm³/mol. The molecule has 0 aliphatic carbocycles. The highest BCUT2D eigenvalue weighted by molar-refractivity contribution is 5.66. The maximum atomic E-state index is 10.7. The van der Waals surface area contributed by atoms with Gasteiger partial charge in [-0.05, 0) is 6.92 Å². The maximum Gasteiger partial charge on any atom is 0.303 e. The van der Waals surface area contributed by atoms with Crippen LogP contribution in [0.4, 0.5) is 0 Å². The number of rotatable bonds is 3. The number of hydrogen-bond acceptors (Lipinski definition) is 6. The SMILES string of the molecule is CC(=O)O[C@@H](C)[C@@H]1C[C@H](OC(C)=O)[C@@H](O)O1. The van der Waals surface area contributed by atoms with E-state index in [1.807, 2.05) is 0 Å². The van der Waals surface area contributed by atoms with Gasteiger partial charge in [0.25, 0.3) is 0 Å². The number of hydrogen-bond donors (Lipinski definition) is 1. The van der Waals surface area contributed by atoms with Gasteiger partial charge in [0.15, 0.2) is 12.4 Å². The Morgan fingerprint density at radius 2 is 2.00 bits per heavy atom. The van der Waals surface area contributed by atoms with Crippen LogP contribution >= 0.6 is 0 Å². The highest BCUT2D eigenvalue weighted by atomic mass is 16.7. The molecule has 6 nitrogen and oxygen atoms in total. The summed E-state index contributed by atoms with van der Waals surface area (Å²) in [5.74, 6) is -0.894. The number of carbonyl (C=O) groups is 2. The lowest BCUT2D eigenvalue weighted by Gasteiger charge is -2.17. The van der Waals surface area contributed by atoms with Crippen LogP contribution in [0.1, 0.15) is 27.2 Å². The van der Waals surface area contributed by atoms with Crippen molar-refractivity contribution in [3.8, 4) is 0 Å². The van der Waals surface area contributed by atoms with Gasteiger partial charge in [-0.3, -0.25) is 9.59 Å². The zero-order valence-corrected chi connectivity index (χ0v) is 9.50. The summed E-state index contributed by atoms with van der Waals surface area (Å²) in [5, 5.41) is 9.45. The smallest absolute Gasteiger partial charge is 0.303 e. The van der Waals surface area contributed by atoms with Crippen LogP contribution in [0.25, 0.3) is 0 Å².